The van der Waals surface area contributed by atoms with Gasteiger partial charge in [-0.2, -0.15) is 0 Å². The number of ether oxygens (including phenoxy) is 2. The van der Waals surface area contributed by atoms with E-state index in [-0.39, 0.29) is 0 Å². The molecule has 0 radical (unpaired) electrons. The predicted octanol–water partition coefficient (Wildman–Crippen LogP) is 2.83. The van der Waals surface area contributed by atoms with Gasteiger partial charge in [0.2, 0.25) is 0 Å². The first-order chi connectivity index (χ1) is 12.8. The molecule has 1 aliphatic heterocycles. The Morgan fingerprint density at radius 3 is 2.92 bits per heavy atom. The SMILES string of the molecule is CCC(CC)c1cc(CNC(=NC)NCCCOCC2CCCO2)on1. The molecule has 1 aliphatic rings. The molecule has 2 heterocycles. The van der Waals surface area contributed by atoms with E-state index in [1.807, 2.05) is 6.07 Å². The van der Waals surface area contributed by atoms with E-state index in [0.717, 1.165) is 69.3 Å². The van der Waals surface area contributed by atoms with Crippen LogP contribution in [-0.2, 0) is 16.0 Å². The van der Waals surface area contributed by atoms with Gasteiger partial charge in [0.1, 0.15) is 0 Å². The minimum atomic E-state index is 0.296. The van der Waals surface area contributed by atoms with Crippen LogP contribution in [0.3, 0.4) is 0 Å². The van der Waals surface area contributed by atoms with E-state index in [4.69, 9.17) is 14.0 Å². The molecule has 148 valence electrons. The summed E-state index contributed by atoms with van der Waals surface area (Å²) in [5, 5.41) is 10.7. The summed E-state index contributed by atoms with van der Waals surface area (Å²) in [6.07, 6.45) is 5.65. The maximum Gasteiger partial charge on any atom is 0.191 e. The number of aromatic nitrogens is 1. The molecule has 26 heavy (non-hydrogen) atoms. The monoisotopic (exact) mass is 366 g/mol. The van der Waals surface area contributed by atoms with Crippen molar-refractivity contribution in [2.45, 2.75) is 64.5 Å². The summed E-state index contributed by atoms with van der Waals surface area (Å²) < 4.78 is 16.6. The van der Waals surface area contributed by atoms with Crippen molar-refractivity contribution < 1.29 is 14.0 Å². The van der Waals surface area contributed by atoms with Crippen LogP contribution in [0.2, 0.25) is 0 Å². The third kappa shape index (κ3) is 6.96. The number of hydrogen-bond acceptors (Lipinski definition) is 5. The van der Waals surface area contributed by atoms with Crippen LogP contribution in [0.5, 0.6) is 0 Å². The molecule has 0 spiro atoms. The lowest BCUT2D eigenvalue weighted by atomic mass is 9.99. The standard InChI is InChI=1S/C19H34N4O3/c1-4-15(5-2)18-12-17(26-23-18)13-22-19(20-3)21-9-7-10-24-14-16-8-6-11-25-16/h12,15-16H,4-11,13-14H2,1-3H3,(H2,20,21,22). The average Bonchev–Trinajstić information content (AvgIpc) is 3.34. The molecule has 0 aliphatic carbocycles. The smallest absolute Gasteiger partial charge is 0.191 e. The van der Waals surface area contributed by atoms with Crippen LogP contribution in [0, 0.1) is 0 Å². The van der Waals surface area contributed by atoms with Gasteiger partial charge in [-0.25, -0.2) is 0 Å². The van der Waals surface area contributed by atoms with Crippen molar-refractivity contribution in [3.05, 3.63) is 17.5 Å². The third-order valence-electron chi connectivity index (χ3n) is 4.72. The largest absolute Gasteiger partial charge is 0.379 e. The van der Waals surface area contributed by atoms with Gasteiger partial charge in [-0.15, -0.1) is 0 Å². The van der Waals surface area contributed by atoms with Crippen LogP contribution in [-0.4, -0.2) is 50.6 Å². The summed E-state index contributed by atoms with van der Waals surface area (Å²) in [6, 6.07) is 2.04. The molecule has 0 saturated carbocycles. The molecule has 0 bridgehead atoms. The first kappa shape index (κ1) is 20.7. The highest BCUT2D eigenvalue weighted by atomic mass is 16.5. The summed E-state index contributed by atoms with van der Waals surface area (Å²) in [5.41, 5.74) is 1.04. The molecule has 0 amide bonds. The zero-order valence-electron chi connectivity index (χ0n) is 16.4. The predicted molar refractivity (Wildman–Crippen MR) is 102 cm³/mol. The van der Waals surface area contributed by atoms with E-state index in [0.29, 0.717) is 25.2 Å². The van der Waals surface area contributed by atoms with Crippen LogP contribution < -0.4 is 10.6 Å². The molecule has 1 saturated heterocycles. The van der Waals surface area contributed by atoms with E-state index in [1.54, 1.807) is 7.05 Å². The number of nitrogens with zero attached hydrogens (tertiary/aromatic N) is 2. The quantitative estimate of drug-likeness (QED) is 0.356. The molecule has 1 unspecified atom stereocenters. The van der Waals surface area contributed by atoms with Gasteiger partial charge in [0.05, 0.1) is 24.9 Å². The molecular formula is C19H34N4O3. The van der Waals surface area contributed by atoms with Crippen molar-refractivity contribution in [3.8, 4) is 0 Å². The first-order valence-corrected chi connectivity index (χ1v) is 9.86. The van der Waals surface area contributed by atoms with E-state index < -0.39 is 0 Å². The average molecular weight is 367 g/mol. The first-order valence-electron chi connectivity index (χ1n) is 9.86. The lowest BCUT2D eigenvalue weighted by Crippen LogP contribution is -2.37. The molecular weight excluding hydrogens is 332 g/mol. The lowest BCUT2D eigenvalue weighted by Gasteiger charge is -2.12. The maximum absolute atomic E-state index is 5.66. The van der Waals surface area contributed by atoms with Crippen LogP contribution in [0.15, 0.2) is 15.6 Å². The van der Waals surface area contributed by atoms with Gasteiger partial charge in [0.25, 0.3) is 0 Å². The van der Waals surface area contributed by atoms with E-state index >= 15 is 0 Å². The summed E-state index contributed by atoms with van der Waals surface area (Å²) in [7, 11) is 1.76. The Balaban J connectivity index is 1.58. The Morgan fingerprint density at radius 2 is 2.23 bits per heavy atom. The van der Waals surface area contributed by atoms with E-state index in [2.05, 4.69) is 34.6 Å². The Labute approximate surface area is 156 Å². The lowest BCUT2D eigenvalue weighted by molar-refractivity contribution is 0.0168. The van der Waals surface area contributed by atoms with E-state index in [1.165, 1.54) is 0 Å². The van der Waals surface area contributed by atoms with Crippen molar-refractivity contribution in [2.24, 2.45) is 4.99 Å². The zero-order chi connectivity index (χ0) is 18.6. The highest BCUT2D eigenvalue weighted by Crippen LogP contribution is 2.22. The van der Waals surface area contributed by atoms with Crippen LogP contribution in [0.4, 0.5) is 0 Å². The Kier molecular flexibility index (Phi) is 9.48. The summed E-state index contributed by atoms with van der Waals surface area (Å²) in [6.45, 7) is 8.04. The van der Waals surface area contributed by atoms with Crippen molar-refractivity contribution in [2.75, 3.05) is 33.4 Å². The third-order valence-corrected chi connectivity index (χ3v) is 4.72. The maximum atomic E-state index is 5.66. The number of nitrogens with one attached hydrogen (secondary N) is 2. The van der Waals surface area contributed by atoms with Crippen LogP contribution >= 0.6 is 0 Å². The molecule has 7 nitrogen and oxygen atoms in total. The highest BCUT2D eigenvalue weighted by Gasteiger charge is 2.15. The fourth-order valence-corrected chi connectivity index (χ4v) is 3.07. The highest BCUT2D eigenvalue weighted by molar-refractivity contribution is 5.79. The van der Waals surface area contributed by atoms with Gasteiger partial charge in [-0.3, -0.25) is 4.99 Å². The van der Waals surface area contributed by atoms with Gasteiger partial charge < -0.3 is 24.6 Å². The van der Waals surface area contributed by atoms with E-state index in [9.17, 15) is 0 Å². The molecule has 1 atom stereocenters. The molecule has 0 aromatic carbocycles. The van der Waals surface area contributed by atoms with Gasteiger partial charge in [-0.05, 0) is 32.1 Å². The van der Waals surface area contributed by atoms with Crippen LogP contribution in [0.25, 0.3) is 0 Å². The van der Waals surface area contributed by atoms with Crippen molar-refractivity contribution >= 4 is 5.96 Å². The number of aliphatic imine (C=N–C) groups is 1. The molecule has 1 aromatic heterocycles. The second kappa shape index (κ2) is 11.9. The molecule has 1 aromatic rings. The minimum absolute atomic E-state index is 0.296. The Hall–Kier alpha value is -1.60. The summed E-state index contributed by atoms with van der Waals surface area (Å²) in [5.74, 6) is 2.05. The van der Waals surface area contributed by atoms with Crippen LogP contribution in [0.1, 0.15) is 63.3 Å². The summed E-state index contributed by atoms with van der Waals surface area (Å²) in [4.78, 5) is 4.23. The number of hydrogen-bond donors (Lipinski definition) is 2. The second-order valence-electron chi connectivity index (χ2n) is 6.65. The number of guanidine groups is 1. The Bertz CT molecular complexity index is 523. The van der Waals surface area contributed by atoms with Crippen molar-refractivity contribution in [1.29, 1.82) is 0 Å². The Morgan fingerprint density at radius 1 is 1.38 bits per heavy atom. The fraction of sp³-hybridized carbons (Fsp3) is 0.789. The molecule has 1 fully saturated rings. The topological polar surface area (TPSA) is 80.9 Å². The van der Waals surface area contributed by atoms with Crippen molar-refractivity contribution in [3.63, 3.8) is 0 Å². The zero-order valence-corrected chi connectivity index (χ0v) is 16.4. The number of rotatable bonds is 11. The second-order valence-corrected chi connectivity index (χ2v) is 6.65. The van der Waals surface area contributed by atoms with Crippen molar-refractivity contribution in [1.82, 2.24) is 15.8 Å². The fourth-order valence-electron chi connectivity index (χ4n) is 3.07. The van der Waals surface area contributed by atoms with Gasteiger partial charge in [0.15, 0.2) is 11.7 Å². The molecule has 2 rings (SSSR count). The molecule has 2 N–H and O–H groups in total. The summed E-state index contributed by atoms with van der Waals surface area (Å²) >= 11 is 0. The minimum Gasteiger partial charge on any atom is -0.379 e. The van der Waals surface area contributed by atoms with Gasteiger partial charge >= 0.3 is 0 Å². The van der Waals surface area contributed by atoms with Gasteiger partial charge in [-0.1, -0.05) is 19.0 Å². The normalized spacial score (nSPS) is 17.8. The van der Waals surface area contributed by atoms with Gasteiger partial charge in [0, 0.05) is 38.8 Å². The molecule has 7 heteroatoms.